The summed E-state index contributed by atoms with van der Waals surface area (Å²) in [6, 6.07) is 0. The van der Waals surface area contributed by atoms with Crippen molar-refractivity contribution in [3.05, 3.63) is 0 Å². The number of nitrogens with one attached hydrogen (secondary N) is 1. The number of hydrogen-bond acceptors (Lipinski definition) is 2. The fourth-order valence-corrected chi connectivity index (χ4v) is 3.89. The molecule has 0 spiro atoms. The van der Waals surface area contributed by atoms with Gasteiger partial charge in [-0.15, -0.1) is 0 Å². The zero-order chi connectivity index (χ0) is 8.94. The first-order valence-corrected chi connectivity index (χ1v) is 5.60. The van der Waals surface area contributed by atoms with Gasteiger partial charge < -0.3 is 10.4 Å². The highest BCUT2D eigenvalue weighted by molar-refractivity contribution is 5.12. The maximum atomic E-state index is 9.34. The van der Waals surface area contributed by atoms with Crippen LogP contribution in [-0.2, 0) is 0 Å². The Balaban J connectivity index is 1.74. The van der Waals surface area contributed by atoms with Crippen molar-refractivity contribution in [1.82, 2.24) is 5.32 Å². The number of hydrogen-bond donors (Lipinski definition) is 2. The summed E-state index contributed by atoms with van der Waals surface area (Å²) in [4.78, 5) is 0. The van der Waals surface area contributed by atoms with Crippen LogP contribution in [0, 0.1) is 16.7 Å². The maximum Gasteiger partial charge on any atom is 0.0500 e. The predicted octanol–water partition coefficient (Wildman–Crippen LogP) is 1.15. The van der Waals surface area contributed by atoms with Gasteiger partial charge in [-0.3, -0.25) is 0 Å². The van der Waals surface area contributed by atoms with Crippen LogP contribution in [0.25, 0.3) is 0 Å². The molecule has 74 valence electrons. The molecule has 0 aromatic heterocycles. The fraction of sp³-hybridized carbons (Fsp3) is 1.00. The molecule has 2 N–H and O–H groups in total. The molecule has 2 saturated carbocycles. The van der Waals surface area contributed by atoms with Gasteiger partial charge in [0.1, 0.15) is 0 Å². The van der Waals surface area contributed by atoms with Crippen molar-refractivity contribution in [2.75, 3.05) is 19.7 Å². The first-order chi connectivity index (χ1) is 6.29. The SMILES string of the molecule is OCC12CNCC(C3CCC3)(C1)C2. The van der Waals surface area contributed by atoms with E-state index in [1.807, 2.05) is 0 Å². The zero-order valence-corrected chi connectivity index (χ0v) is 8.18. The lowest BCUT2D eigenvalue weighted by molar-refractivity contribution is -0.152. The monoisotopic (exact) mass is 181 g/mol. The Morgan fingerprint density at radius 3 is 2.54 bits per heavy atom. The summed E-state index contributed by atoms with van der Waals surface area (Å²) in [5, 5.41) is 12.8. The second kappa shape index (κ2) is 2.48. The van der Waals surface area contributed by atoms with Gasteiger partial charge in [0.25, 0.3) is 0 Å². The van der Waals surface area contributed by atoms with Crippen molar-refractivity contribution in [1.29, 1.82) is 0 Å². The molecule has 4 fully saturated rings. The van der Waals surface area contributed by atoms with Crippen LogP contribution < -0.4 is 5.32 Å². The van der Waals surface area contributed by atoms with Crippen LogP contribution in [0.1, 0.15) is 32.1 Å². The van der Waals surface area contributed by atoms with Crippen molar-refractivity contribution < 1.29 is 5.11 Å². The summed E-state index contributed by atoms with van der Waals surface area (Å²) in [5.74, 6) is 0.986. The maximum absolute atomic E-state index is 9.34. The Kier molecular flexibility index (Phi) is 1.58. The van der Waals surface area contributed by atoms with Gasteiger partial charge >= 0.3 is 0 Å². The van der Waals surface area contributed by atoms with E-state index in [0.717, 1.165) is 12.5 Å². The Labute approximate surface area is 79.7 Å². The minimum Gasteiger partial charge on any atom is -0.396 e. The van der Waals surface area contributed by atoms with E-state index in [2.05, 4.69) is 5.32 Å². The molecule has 0 radical (unpaired) electrons. The van der Waals surface area contributed by atoms with Crippen LogP contribution in [0.2, 0.25) is 0 Å². The molecule has 0 aromatic rings. The molecule has 0 atom stereocenters. The lowest BCUT2D eigenvalue weighted by Crippen LogP contribution is -2.66. The summed E-state index contributed by atoms with van der Waals surface area (Å²) in [6.07, 6.45) is 6.94. The van der Waals surface area contributed by atoms with Gasteiger partial charge in [-0.1, -0.05) is 6.42 Å². The number of rotatable bonds is 2. The third kappa shape index (κ3) is 0.962. The Morgan fingerprint density at radius 2 is 2.00 bits per heavy atom. The van der Waals surface area contributed by atoms with Crippen molar-refractivity contribution in [3.63, 3.8) is 0 Å². The van der Waals surface area contributed by atoms with Crippen LogP contribution in [0.15, 0.2) is 0 Å². The van der Waals surface area contributed by atoms with Crippen LogP contribution >= 0.6 is 0 Å². The van der Waals surface area contributed by atoms with Crippen molar-refractivity contribution in [3.8, 4) is 0 Å². The molecule has 2 heteroatoms. The minimum atomic E-state index is 0.286. The quantitative estimate of drug-likeness (QED) is 0.670. The molecule has 2 aliphatic heterocycles. The molecule has 0 aromatic carbocycles. The highest BCUT2D eigenvalue weighted by Crippen LogP contribution is 2.63. The van der Waals surface area contributed by atoms with E-state index < -0.39 is 0 Å². The van der Waals surface area contributed by atoms with Crippen molar-refractivity contribution in [2.24, 2.45) is 16.7 Å². The van der Waals surface area contributed by atoms with Gasteiger partial charge in [-0.2, -0.15) is 0 Å². The molecule has 0 unspecified atom stereocenters. The normalized spacial score (nSPS) is 49.6. The first-order valence-electron chi connectivity index (χ1n) is 5.60. The number of aliphatic hydroxyl groups excluding tert-OH is 1. The molecule has 2 saturated heterocycles. The molecule has 13 heavy (non-hydrogen) atoms. The molecule has 0 amide bonds. The van der Waals surface area contributed by atoms with Gasteiger partial charge in [0.05, 0.1) is 0 Å². The molecule has 4 aliphatic rings. The van der Waals surface area contributed by atoms with E-state index in [-0.39, 0.29) is 5.41 Å². The van der Waals surface area contributed by atoms with Crippen molar-refractivity contribution in [2.45, 2.75) is 32.1 Å². The van der Waals surface area contributed by atoms with Gasteiger partial charge in [-0.25, -0.2) is 0 Å². The predicted molar refractivity (Wildman–Crippen MR) is 51.4 cm³/mol. The van der Waals surface area contributed by atoms with Gasteiger partial charge in [0.15, 0.2) is 0 Å². The molecule has 2 aliphatic carbocycles. The molecular formula is C11H19NO. The number of aliphatic hydroxyl groups is 1. The van der Waals surface area contributed by atoms with Gasteiger partial charge in [-0.05, 0) is 37.0 Å². The second-order valence-electron chi connectivity index (χ2n) is 5.61. The number of fused-ring (bicyclic) bond motifs is 2. The average Bonchev–Trinajstić information content (AvgIpc) is 2.00. The Morgan fingerprint density at radius 1 is 1.23 bits per heavy atom. The van der Waals surface area contributed by atoms with E-state index in [9.17, 15) is 5.11 Å². The number of piperidine rings is 2. The third-order valence-electron chi connectivity index (χ3n) is 4.74. The lowest BCUT2D eigenvalue weighted by Gasteiger charge is -2.65. The standard InChI is InChI=1S/C11H19NO/c13-8-10-4-11(5-10,7-12-6-10)9-2-1-3-9/h9,12-13H,1-8H2. The molecule has 2 nitrogen and oxygen atoms in total. The van der Waals surface area contributed by atoms with E-state index in [1.165, 1.54) is 38.6 Å². The van der Waals surface area contributed by atoms with Gasteiger partial charge in [0.2, 0.25) is 0 Å². The summed E-state index contributed by atoms with van der Waals surface area (Å²) in [5.41, 5.74) is 0.896. The highest BCUT2D eigenvalue weighted by atomic mass is 16.3. The van der Waals surface area contributed by atoms with Gasteiger partial charge in [0, 0.05) is 25.1 Å². The minimum absolute atomic E-state index is 0.286. The largest absolute Gasteiger partial charge is 0.396 e. The molecule has 2 bridgehead atoms. The molecule has 2 heterocycles. The third-order valence-corrected chi connectivity index (χ3v) is 4.74. The van der Waals surface area contributed by atoms with Crippen LogP contribution in [0.5, 0.6) is 0 Å². The summed E-state index contributed by atoms with van der Waals surface area (Å²) in [7, 11) is 0. The molecule has 4 rings (SSSR count). The lowest BCUT2D eigenvalue weighted by atomic mass is 9.44. The van der Waals surface area contributed by atoms with Crippen LogP contribution in [-0.4, -0.2) is 24.8 Å². The van der Waals surface area contributed by atoms with E-state index in [0.29, 0.717) is 12.0 Å². The fourth-order valence-electron chi connectivity index (χ4n) is 3.89. The Bertz CT molecular complexity index is 216. The summed E-state index contributed by atoms with van der Waals surface area (Å²) >= 11 is 0. The smallest absolute Gasteiger partial charge is 0.0500 e. The van der Waals surface area contributed by atoms with Crippen LogP contribution in [0.4, 0.5) is 0 Å². The summed E-state index contributed by atoms with van der Waals surface area (Å²) < 4.78 is 0. The summed E-state index contributed by atoms with van der Waals surface area (Å²) in [6.45, 7) is 2.67. The second-order valence-corrected chi connectivity index (χ2v) is 5.61. The van der Waals surface area contributed by atoms with Crippen molar-refractivity contribution >= 4 is 0 Å². The van der Waals surface area contributed by atoms with E-state index in [4.69, 9.17) is 0 Å². The first kappa shape index (κ1) is 8.25. The molecular weight excluding hydrogens is 162 g/mol. The van der Waals surface area contributed by atoms with Crippen LogP contribution in [0.3, 0.4) is 0 Å². The van der Waals surface area contributed by atoms with E-state index in [1.54, 1.807) is 0 Å². The van der Waals surface area contributed by atoms with E-state index >= 15 is 0 Å². The average molecular weight is 181 g/mol. The topological polar surface area (TPSA) is 32.3 Å². The highest BCUT2D eigenvalue weighted by Gasteiger charge is 2.60. The zero-order valence-electron chi connectivity index (χ0n) is 8.18. The Hall–Kier alpha value is -0.0800.